The van der Waals surface area contributed by atoms with Gasteiger partial charge in [-0.25, -0.2) is 13.4 Å². The van der Waals surface area contributed by atoms with Gasteiger partial charge in [-0.05, 0) is 30.7 Å². The fourth-order valence-corrected chi connectivity index (χ4v) is 4.48. The zero-order chi connectivity index (χ0) is 20.0. The minimum atomic E-state index is -3.59. The summed E-state index contributed by atoms with van der Waals surface area (Å²) < 4.78 is 27.2. The zero-order valence-corrected chi connectivity index (χ0v) is 16.9. The molecule has 1 aromatic heterocycles. The Morgan fingerprint density at radius 2 is 1.82 bits per heavy atom. The molecule has 8 nitrogen and oxygen atoms in total. The maximum atomic E-state index is 12.9. The molecule has 3 rings (SSSR count). The number of nitrogens with one attached hydrogen (secondary N) is 1. The Morgan fingerprint density at radius 1 is 1.11 bits per heavy atom. The van der Waals surface area contributed by atoms with E-state index in [9.17, 15) is 13.2 Å². The lowest BCUT2D eigenvalue weighted by atomic mass is 10.3. The Kier molecular flexibility index (Phi) is 6.82. The SMILES string of the molecule is O=C(CCCCl)Nc1ccc(S(=O)(=O)N2CCN(c3cnccn3)CC2)cc1. The van der Waals surface area contributed by atoms with E-state index >= 15 is 0 Å². The van der Waals surface area contributed by atoms with E-state index < -0.39 is 10.0 Å². The maximum Gasteiger partial charge on any atom is 0.243 e. The summed E-state index contributed by atoms with van der Waals surface area (Å²) in [5.41, 5.74) is 0.561. The van der Waals surface area contributed by atoms with Gasteiger partial charge in [-0.3, -0.25) is 9.78 Å². The molecule has 28 heavy (non-hydrogen) atoms. The van der Waals surface area contributed by atoms with Crippen LogP contribution in [0.3, 0.4) is 0 Å². The Balaban J connectivity index is 1.61. The van der Waals surface area contributed by atoms with Crippen LogP contribution in [0.1, 0.15) is 12.8 Å². The van der Waals surface area contributed by atoms with Crippen molar-refractivity contribution in [3.05, 3.63) is 42.9 Å². The Hall–Kier alpha value is -2.23. The molecule has 1 amide bonds. The lowest BCUT2D eigenvalue weighted by molar-refractivity contribution is -0.116. The minimum absolute atomic E-state index is 0.142. The lowest BCUT2D eigenvalue weighted by Crippen LogP contribution is -2.48. The quantitative estimate of drug-likeness (QED) is 0.684. The summed E-state index contributed by atoms with van der Waals surface area (Å²) in [6.07, 6.45) is 5.83. The molecule has 10 heteroatoms. The molecular weight excluding hydrogens is 402 g/mol. The van der Waals surface area contributed by atoms with Crippen molar-refractivity contribution in [2.75, 3.05) is 42.3 Å². The van der Waals surface area contributed by atoms with Crippen LogP contribution in [0, 0.1) is 0 Å². The largest absolute Gasteiger partial charge is 0.353 e. The summed E-state index contributed by atoms with van der Waals surface area (Å²) in [5, 5.41) is 2.73. The number of hydrogen-bond acceptors (Lipinski definition) is 6. The molecule has 1 saturated heterocycles. The normalized spacial score (nSPS) is 15.4. The van der Waals surface area contributed by atoms with Gasteiger partial charge in [0.2, 0.25) is 15.9 Å². The second-order valence-corrected chi connectivity index (χ2v) is 8.64. The van der Waals surface area contributed by atoms with Crippen molar-refractivity contribution in [2.24, 2.45) is 0 Å². The van der Waals surface area contributed by atoms with Gasteiger partial charge in [0.25, 0.3) is 0 Å². The van der Waals surface area contributed by atoms with E-state index in [2.05, 4.69) is 15.3 Å². The predicted molar refractivity (Wildman–Crippen MR) is 108 cm³/mol. The van der Waals surface area contributed by atoms with E-state index in [1.54, 1.807) is 30.7 Å². The van der Waals surface area contributed by atoms with Gasteiger partial charge in [-0.1, -0.05) is 0 Å². The third-order valence-electron chi connectivity index (χ3n) is 4.43. The summed E-state index contributed by atoms with van der Waals surface area (Å²) >= 11 is 5.58. The molecule has 0 saturated carbocycles. The summed E-state index contributed by atoms with van der Waals surface area (Å²) in [4.78, 5) is 22.3. The highest BCUT2D eigenvalue weighted by molar-refractivity contribution is 7.89. The average molecular weight is 424 g/mol. The number of amides is 1. The molecular formula is C18H22ClN5O3S. The number of sulfonamides is 1. The van der Waals surface area contributed by atoms with Crippen LogP contribution in [0.4, 0.5) is 11.5 Å². The van der Waals surface area contributed by atoms with Gasteiger partial charge < -0.3 is 10.2 Å². The number of alkyl halides is 1. The predicted octanol–water partition coefficient (Wildman–Crippen LogP) is 1.95. The number of rotatable bonds is 7. The molecule has 0 radical (unpaired) electrons. The van der Waals surface area contributed by atoms with Gasteiger partial charge in [-0.2, -0.15) is 4.31 Å². The van der Waals surface area contributed by atoms with E-state index in [1.807, 2.05) is 4.90 Å². The number of benzene rings is 1. The summed E-state index contributed by atoms with van der Waals surface area (Å²) in [5.74, 6) is 1.03. The smallest absolute Gasteiger partial charge is 0.243 e. The highest BCUT2D eigenvalue weighted by Gasteiger charge is 2.28. The molecule has 1 N–H and O–H groups in total. The summed E-state index contributed by atoms with van der Waals surface area (Å²) in [6, 6.07) is 6.23. The number of carbonyl (C=O) groups is 1. The molecule has 0 unspecified atom stereocenters. The first-order valence-corrected chi connectivity index (χ1v) is 10.9. The van der Waals surface area contributed by atoms with Gasteiger partial charge in [-0.15, -0.1) is 11.6 Å². The molecule has 150 valence electrons. The van der Waals surface area contributed by atoms with Crippen molar-refractivity contribution in [3.8, 4) is 0 Å². The first-order valence-electron chi connectivity index (χ1n) is 8.98. The van der Waals surface area contributed by atoms with E-state index in [1.165, 1.54) is 16.4 Å². The van der Waals surface area contributed by atoms with Crippen molar-refractivity contribution in [2.45, 2.75) is 17.7 Å². The van der Waals surface area contributed by atoms with Crippen molar-refractivity contribution >= 4 is 39.0 Å². The third kappa shape index (κ3) is 4.98. The molecule has 1 fully saturated rings. The molecule has 0 spiro atoms. The average Bonchev–Trinajstić information content (AvgIpc) is 2.73. The van der Waals surface area contributed by atoms with Crippen LogP contribution < -0.4 is 10.2 Å². The topological polar surface area (TPSA) is 95.5 Å². The van der Waals surface area contributed by atoms with Crippen molar-refractivity contribution in [3.63, 3.8) is 0 Å². The third-order valence-corrected chi connectivity index (χ3v) is 6.61. The van der Waals surface area contributed by atoms with Crippen LogP contribution in [-0.4, -0.2) is 60.7 Å². The molecule has 1 aliphatic rings. The van der Waals surface area contributed by atoms with E-state index in [4.69, 9.17) is 11.6 Å². The fourth-order valence-electron chi connectivity index (χ4n) is 2.92. The highest BCUT2D eigenvalue weighted by Crippen LogP contribution is 2.21. The van der Waals surface area contributed by atoms with Crippen LogP contribution in [0.25, 0.3) is 0 Å². The van der Waals surface area contributed by atoms with Crippen LogP contribution in [0.2, 0.25) is 0 Å². The van der Waals surface area contributed by atoms with Gasteiger partial charge in [0.1, 0.15) is 5.82 Å². The molecule has 0 atom stereocenters. The van der Waals surface area contributed by atoms with E-state index in [0.29, 0.717) is 50.6 Å². The highest BCUT2D eigenvalue weighted by atomic mass is 35.5. The number of nitrogens with zero attached hydrogens (tertiary/aromatic N) is 4. The van der Waals surface area contributed by atoms with E-state index in [0.717, 1.165) is 5.82 Å². The van der Waals surface area contributed by atoms with E-state index in [-0.39, 0.29) is 10.8 Å². The van der Waals surface area contributed by atoms with Gasteiger partial charge >= 0.3 is 0 Å². The fraction of sp³-hybridized carbons (Fsp3) is 0.389. The molecule has 1 aliphatic heterocycles. The van der Waals surface area contributed by atoms with Crippen molar-refractivity contribution in [1.82, 2.24) is 14.3 Å². The van der Waals surface area contributed by atoms with Gasteiger partial charge in [0, 0.05) is 56.6 Å². The molecule has 2 heterocycles. The first kappa shape index (κ1) is 20.5. The lowest BCUT2D eigenvalue weighted by Gasteiger charge is -2.34. The number of aromatic nitrogens is 2. The van der Waals surface area contributed by atoms with Gasteiger partial charge in [0.05, 0.1) is 11.1 Å². The molecule has 0 bridgehead atoms. The number of halogens is 1. The van der Waals surface area contributed by atoms with Crippen molar-refractivity contribution in [1.29, 1.82) is 0 Å². The maximum absolute atomic E-state index is 12.9. The van der Waals surface area contributed by atoms with Crippen LogP contribution in [-0.2, 0) is 14.8 Å². The second-order valence-electron chi connectivity index (χ2n) is 6.32. The Morgan fingerprint density at radius 3 is 2.43 bits per heavy atom. The first-order chi connectivity index (χ1) is 13.5. The molecule has 2 aromatic rings. The van der Waals surface area contributed by atoms with Crippen molar-refractivity contribution < 1.29 is 13.2 Å². The van der Waals surface area contributed by atoms with Crippen LogP contribution in [0.5, 0.6) is 0 Å². The van der Waals surface area contributed by atoms with Crippen LogP contribution in [0.15, 0.2) is 47.8 Å². The number of hydrogen-bond donors (Lipinski definition) is 1. The van der Waals surface area contributed by atoms with Gasteiger partial charge in [0.15, 0.2) is 0 Å². The monoisotopic (exact) mass is 423 g/mol. The van der Waals surface area contributed by atoms with Crippen LogP contribution >= 0.6 is 11.6 Å². The summed E-state index contributed by atoms with van der Waals surface area (Å²) in [7, 11) is -3.59. The molecule has 1 aromatic carbocycles. The number of piperazine rings is 1. The standard InChI is InChI=1S/C18H22ClN5O3S/c19-7-1-2-18(25)22-15-3-5-16(6-4-15)28(26,27)24-12-10-23(11-13-24)17-14-20-8-9-21-17/h3-6,8-9,14H,1-2,7,10-13H2,(H,22,25). The second kappa shape index (κ2) is 9.31. The summed E-state index contributed by atoms with van der Waals surface area (Å²) in [6.45, 7) is 1.84. The molecule has 0 aliphatic carbocycles. The number of anilines is 2. The Labute approximate surface area is 169 Å². The zero-order valence-electron chi connectivity index (χ0n) is 15.3. The minimum Gasteiger partial charge on any atom is -0.353 e. The Bertz CT molecular complexity index is 885. The number of carbonyl (C=O) groups excluding carboxylic acids is 1.